The average molecular weight is 351 g/mol. The van der Waals surface area contributed by atoms with Gasteiger partial charge in [0.2, 0.25) is 0 Å². The molecule has 3 heterocycles. The maximum Gasteiger partial charge on any atom is 0.152 e. The molecule has 6 heteroatoms. The number of alkyl halides is 1. The number of fused-ring (bicyclic) bond motifs is 3. The second-order valence-corrected chi connectivity index (χ2v) is 7.16. The van der Waals surface area contributed by atoms with E-state index >= 15 is 0 Å². The third kappa shape index (κ3) is 3.31. The molecule has 4 nitrogen and oxygen atoms in total. The molecule has 3 rings (SSSR count). The highest BCUT2D eigenvalue weighted by Crippen LogP contribution is 2.32. The molecule has 0 atom stereocenters. The Labute approximate surface area is 145 Å². The van der Waals surface area contributed by atoms with Gasteiger partial charge >= 0.3 is 0 Å². The van der Waals surface area contributed by atoms with Crippen LogP contribution in [-0.2, 0) is 13.0 Å². The van der Waals surface area contributed by atoms with Crippen molar-refractivity contribution in [1.29, 1.82) is 0 Å². The van der Waals surface area contributed by atoms with Gasteiger partial charge in [-0.15, -0.1) is 22.9 Å². The monoisotopic (exact) mass is 350 g/mol. The Hall–Kier alpha value is -1.33. The fourth-order valence-corrected chi connectivity index (χ4v) is 4.04. The number of hydrogen-bond acceptors (Lipinski definition) is 4. The molecule has 124 valence electrons. The van der Waals surface area contributed by atoms with E-state index in [9.17, 15) is 0 Å². The summed E-state index contributed by atoms with van der Waals surface area (Å²) < 4.78 is 3.57. The minimum atomic E-state index is 0.545. The van der Waals surface area contributed by atoms with Crippen molar-refractivity contribution in [2.24, 2.45) is 0 Å². The Morgan fingerprint density at radius 1 is 1.22 bits per heavy atom. The number of anilines is 1. The van der Waals surface area contributed by atoms with E-state index in [0.717, 1.165) is 67.8 Å². The van der Waals surface area contributed by atoms with Crippen LogP contribution in [-0.4, -0.2) is 20.4 Å². The van der Waals surface area contributed by atoms with Gasteiger partial charge in [-0.25, -0.2) is 9.97 Å². The van der Waals surface area contributed by atoms with Crippen molar-refractivity contribution >= 4 is 50.0 Å². The van der Waals surface area contributed by atoms with Crippen LogP contribution in [0.25, 0.3) is 21.3 Å². The molecule has 2 N–H and O–H groups in total. The summed E-state index contributed by atoms with van der Waals surface area (Å²) in [5, 5.41) is 2.08. The van der Waals surface area contributed by atoms with E-state index in [1.165, 1.54) is 10.2 Å². The maximum absolute atomic E-state index is 6.17. The summed E-state index contributed by atoms with van der Waals surface area (Å²) in [4.78, 5) is 9.34. The number of halogens is 1. The van der Waals surface area contributed by atoms with Gasteiger partial charge in [0.1, 0.15) is 11.3 Å². The largest absolute Gasteiger partial charge is 0.382 e. The molecule has 23 heavy (non-hydrogen) atoms. The van der Waals surface area contributed by atoms with Crippen LogP contribution in [0.3, 0.4) is 0 Å². The van der Waals surface area contributed by atoms with Gasteiger partial charge < -0.3 is 10.3 Å². The zero-order valence-corrected chi connectivity index (χ0v) is 15.1. The Morgan fingerprint density at radius 2 is 2.09 bits per heavy atom. The van der Waals surface area contributed by atoms with E-state index in [2.05, 4.69) is 21.9 Å². The first-order valence-electron chi connectivity index (χ1n) is 8.34. The topological polar surface area (TPSA) is 56.7 Å². The molecular weight excluding hydrogens is 328 g/mol. The lowest BCUT2D eigenvalue weighted by molar-refractivity contribution is 0.585. The van der Waals surface area contributed by atoms with Crippen molar-refractivity contribution in [3.63, 3.8) is 0 Å². The van der Waals surface area contributed by atoms with Gasteiger partial charge in [0, 0.05) is 18.8 Å². The van der Waals surface area contributed by atoms with E-state index < -0.39 is 0 Å². The van der Waals surface area contributed by atoms with Gasteiger partial charge in [0.25, 0.3) is 0 Å². The zero-order valence-electron chi connectivity index (χ0n) is 13.5. The van der Waals surface area contributed by atoms with E-state index in [-0.39, 0.29) is 0 Å². The summed E-state index contributed by atoms with van der Waals surface area (Å²) in [6, 6.07) is 2.03. The maximum atomic E-state index is 6.17. The zero-order chi connectivity index (χ0) is 16.2. The molecule has 3 aromatic rings. The molecule has 0 saturated carbocycles. The molecule has 0 aliphatic carbocycles. The number of rotatable bonds is 8. The summed E-state index contributed by atoms with van der Waals surface area (Å²) in [5.74, 6) is 2.42. The van der Waals surface area contributed by atoms with Crippen molar-refractivity contribution in [1.82, 2.24) is 14.5 Å². The van der Waals surface area contributed by atoms with Crippen molar-refractivity contribution in [3.05, 3.63) is 17.3 Å². The van der Waals surface area contributed by atoms with Gasteiger partial charge in [0.15, 0.2) is 5.82 Å². The Kier molecular flexibility index (Phi) is 5.38. The number of aromatic nitrogens is 3. The molecule has 0 unspecified atom stereocenters. The highest BCUT2D eigenvalue weighted by Gasteiger charge is 2.17. The van der Waals surface area contributed by atoms with Crippen molar-refractivity contribution < 1.29 is 0 Å². The summed E-state index contributed by atoms with van der Waals surface area (Å²) in [6.07, 6.45) is 6.63. The number of thiophene rings is 1. The minimum Gasteiger partial charge on any atom is -0.382 e. The molecule has 3 aromatic heterocycles. The highest BCUT2D eigenvalue weighted by atomic mass is 35.5. The Bertz CT molecular complexity index is 793. The smallest absolute Gasteiger partial charge is 0.152 e. The normalized spacial score (nSPS) is 11.7. The summed E-state index contributed by atoms with van der Waals surface area (Å²) in [7, 11) is 0. The molecular formula is C17H23ClN4S. The Morgan fingerprint density at radius 3 is 2.87 bits per heavy atom. The van der Waals surface area contributed by atoms with Crippen LogP contribution in [0.5, 0.6) is 0 Å². The molecule has 0 saturated heterocycles. The molecule has 0 aliphatic rings. The average Bonchev–Trinajstić information content (AvgIpc) is 3.14. The number of imidazole rings is 1. The van der Waals surface area contributed by atoms with Crippen LogP contribution in [0, 0.1) is 0 Å². The number of nitrogens with two attached hydrogens (primary N) is 1. The van der Waals surface area contributed by atoms with Crippen LogP contribution < -0.4 is 5.73 Å². The van der Waals surface area contributed by atoms with Gasteiger partial charge in [-0.05, 0) is 30.7 Å². The van der Waals surface area contributed by atoms with E-state index in [4.69, 9.17) is 22.3 Å². The van der Waals surface area contributed by atoms with Gasteiger partial charge in [-0.2, -0.15) is 0 Å². The van der Waals surface area contributed by atoms with E-state index in [1.807, 2.05) is 6.07 Å². The first kappa shape index (κ1) is 16.5. The van der Waals surface area contributed by atoms with Gasteiger partial charge in [0.05, 0.1) is 15.7 Å². The molecule has 0 fully saturated rings. The highest BCUT2D eigenvalue weighted by molar-refractivity contribution is 7.18. The van der Waals surface area contributed by atoms with Crippen LogP contribution in [0.2, 0.25) is 0 Å². The summed E-state index contributed by atoms with van der Waals surface area (Å²) in [6.45, 7) is 3.18. The second-order valence-electron chi connectivity index (χ2n) is 5.86. The van der Waals surface area contributed by atoms with Crippen LogP contribution in [0.4, 0.5) is 5.82 Å². The Balaban J connectivity index is 2.06. The lowest BCUT2D eigenvalue weighted by atomic mass is 10.2. The van der Waals surface area contributed by atoms with Crippen molar-refractivity contribution in [2.75, 3.05) is 11.6 Å². The van der Waals surface area contributed by atoms with Crippen LogP contribution >= 0.6 is 22.9 Å². The quantitative estimate of drug-likeness (QED) is 0.460. The molecule has 0 radical (unpaired) electrons. The standard InChI is InChI=1S/C17H23ClN4S/c1-2-3-7-13-21-14-15(22(13)10-6-4-5-9-18)16-12(8-11-23-16)20-17(14)19/h8,11H,2-7,9-10H2,1H3,(H2,19,20). The SMILES string of the molecule is CCCCc1nc2c(N)nc3ccsc3c2n1CCCCCCl. The number of hydrogen-bond donors (Lipinski definition) is 1. The second kappa shape index (κ2) is 7.49. The molecule has 0 spiro atoms. The predicted octanol–water partition coefficient (Wildman–Crippen LogP) is 4.98. The van der Waals surface area contributed by atoms with Crippen LogP contribution in [0.15, 0.2) is 11.4 Å². The molecule has 0 aromatic carbocycles. The summed E-state index contributed by atoms with van der Waals surface area (Å²) >= 11 is 7.52. The van der Waals surface area contributed by atoms with E-state index in [1.54, 1.807) is 11.3 Å². The van der Waals surface area contributed by atoms with Gasteiger partial charge in [-0.1, -0.05) is 19.8 Å². The lowest BCUT2D eigenvalue weighted by Crippen LogP contribution is -2.04. The number of nitrogen functional groups attached to an aromatic ring is 1. The minimum absolute atomic E-state index is 0.545. The summed E-state index contributed by atoms with van der Waals surface area (Å²) in [5.41, 5.74) is 9.18. The predicted molar refractivity (Wildman–Crippen MR) is 101 cm³/mol. The number of nitrogens with zero attached hydrogens (tertiary/aromatic N) is 3. The van der Waals surface area contributed by atoms with E-state index in [0.29, 0.717) is 5.82 Å². The van der Waals surface area contributed by atoms with Gasteiger partial charge in [-0.3, -0.25) is 0 Å². The van der Waals surface area contributed by atoms with Crippen molar-refractivity contribution in [3.8, 4) is 0 Å². The fourth-order valence-electron chi connectivity index (χ4n) is 2.97. The molecule has 0 amide bonds. The molecule has 0 aliphatic heterocycles. The van der Waals surface area contributed by atoms with Crippen LogP contribution in [0.1, 0.15) is 44.9 Å². The number of aryl methyl sites for hydroxylation is 2. The lowest BCUT2D eigenvalue weighted by Gasteiger charge is -2.09. The third-order valence-corrected chi connectivity index (χ3v) is 5.34. The number of pyridine rings is 1. The fraction of sp³-hybridized carbons (Fsp3) is 0.529. The first-order chi connectivity index (χ1) is 11.3. The first-order valence-corrected chi connectivity index (χ1v) is 9.75. The molecule has 0 bridgehead atoms. The third-order valence-electron chi connectivity index (χ3n) is 4.16. The van der Waals surface area contributed by atoms with Crippen molar-refractivity contribution in [2.45, 2.75) is 52.0 Å². The number of unbranched alkanes of at least 4 members (excludes halogenated alkanes) is 3.